The zero-order valence-electron chi connectivity index (χ0n) is 38.3. The lowest BCUT2D eigenvalue weighted by atomic mass is 9.99. The minimum Gasteiger partial charge on any atom is -0.394 e. The van der Waals surface area contributed by atoms with Crippen LogP contribution in [0.1, 0.15) is 232 Å². The largest absolute Gasteiger partial charge is 0.394 e. The fourth-order valence-electron chi connectivity index (χ4n) is 7.97. The van der Waals surface area contributed by atoms with Crippen molar-refractivity contribution in [2.75, 3.05) is 13.2 Å². The first-order valence-corrected chi connectivity index (χ1v) is 25.1. The lowest BCUT2D eigenvalue weighted by Gasteiger charge is -2.40. The van der Waals surface area contributed by atoms with Gasteiger partial charge in [0.15, 0.2) is 6.29 Å². The van der Waals surface area contributed by atoms with E-state index in [2.05, 4.69) is 31.3 Å². The average Bonchev–Trinajstić information content (AvgIpc) is 3.23. The molecule has 9 heteroatoms. The van der Waals surface area contributed by atoms with Crippen molar-refractivity contribution in [2.45, 2.75) is 275 Å². The minimum absolute atomic E-state index is 0.176. The van der Waals surface area contributed by atoms with Gasteiger partial charge in [-0.05, 0) is 44.9 Å². The normalized spacial score (nSPS) is 20.8. The summed E-state index contributed by atoms with van der Waals surface area (Å²) in [5.74, 6) is -0.176. The van der Waals surface area contributed by atoms with Crippen molar-refractivity contribution in [3.63, 3.8) is 0 Å². The third-order valence-corrected chi connectivity index (χ3v) is 12.0. The highest BCUT2D eigenvalue weighted by atomic mass is 16.7. The van der Waals surface area contributed by atoms with Crippen LogP contribution >= 0.6 is 0 Å². The van der Waals surface area contributed by atoms with Crippen molar-refractivity contribution in [2.24, 2.45) is 0 Å². The van der Waals surface area contributed by atoms with Crippen molar-refractivity contribution >= 4 is 5.91 Å². The highest BCUT2D eigenvalue weighted by Crippen LogP contribution is 2.23. The Hall–Kier alpha value is -1.33. The van der Waals surface area contributed by atoms with E-state index in [1.54, 1.807) is 6.08 Å². The highest BCUT2D eigenvalue weighted by molar-refractivity contribution is 5.76. The first-order valence-electron chi connectivity index (χ1n) is 25.1. The molecular formula is C50H95NO8. The predicted molar refractivity (Wildman–Crippen MR) is 244 cm³/mol. The van der Waals surface area contributed by atoms with Crippen LogP contribution in [0.4, 0.5) is 0 Å². The Morgan fingerprint density at radius 1 is 0.559 bits per heavy atom. The standard InChI is InChI=1S/C50H95NO8/c1-3-5-7-9-11-13-15-17-18-19-20-21-22-23-24-25-26-28-30-32-34-36-38-40-46(54)51-43(42-58-50-49(57)48(56)47(55)45(41-52)59-50)44(53)39-37-35-33-31-29-27-16-14-12-10-8-6-4-2/h17-18,37,39,43-45,47-50,52-53,55-57H,3-16,19-36,38,40-42H2,1-2H3,(H,51,54). The molecule has 0 aromatic rings. The Morgan fingerprint density at radius 2 is 0.949 bits per heavy atom. The Balaban J connectivity index is 2.25. The first-order chi connectivity index (χ1) is 28.8. The summed E-state index contributed by atoms with van der Waals surface area (Å²) in [6.45, 7) is 3.78. The summed E-state index contributed by atoms with van der Waals surface area (Å²) in [7, 11) is 0. The van der Waals surface area contributed by atoms with Crippen LogP contribution < -0.4 is 5.32 Å². The number of carbonyl (C=O) groups excluding carboxylic acids is 1. The zero-order valence-corrected chi connectivity index (χ0v) is 38.3. The monoisotopic (exact) mass is 838 g/mol. The van der Waals surface area contributed by atoms with Crippen LogP contribution in [0.15, 0.2) is 24.3 Å². The molecule has 1 saturated heterocycles. The second-order valence-electron chi connectivity index (χ2n) is 17.6. The van der Waals surface area contributed by atoms with Gasteiger partial charge in [-0.3, -0.25) is 4.79 Å². The number of amides is 1. The van der Waals surface area contributed by atoms with Crippen LogP contribution in [0, 0.1) is 0 Å². The van der Waals surface area contributed by atoms with Gasteiger partial charge >= 0.3 is 0 Å². The van der Waals surface area contributed by atoms with Crippen LogP contribution in [0.25, 0.3) is 0 Å². The molecule has 0 aliphatic carbocycles. The van der Waals surface area contributed by atoms with E-state index in [-0.39, 0.29) is 12.5 Å². The molecule has 6 N–H and O–H groups in total. The Kier molecular flexibility index (Phi) is 38.4. The van der Waals surface area contributed by atoms with Crippen molar-refractivity contribution < 1.29 is 39.8 Å². The maximum atomic E-state index is 13.0. The molecule has 1 rings (SSSR count). The number of carbonyl (C=O) groups is 1. The van der Waals surface area contributed by atoms with Gasteiger partial charge < -0.3 is 40.3 Å². The van der Waals surface area contributed by atoms with E-state index in [4.69, 9.17) is 9.47 Å². The fourth-order valence-corrected chi connectivity index (χ4v) is 7.97. The molecule has 0 aromatic heterocycles. The predicted octanol–water partition coefficient (Wildman–Crippen LogP) is 11.1. The molecule has 7 unspecified atom stereocenters. The third kappa shape index (κ3) is 31.2. The Bertz CT molecular complexity index is 977. The molecule has 7 atom stereocenters. The maximum absolute atomic E-state index is 13.0. The summed E-state index contributed by atoms with van der Waals surface area (Å²) >= 11 is 0. The Labute approximate surface area is 362 Å². The molecule has 0 bridgehead atoms. The molecule has 1 aliphatic rings. The topological polar surface area (TPSA) is 149 Å². The summed E-state index contributed by atoms with van der Waals surface area (Å²) in [4.78, 5) is 13.0. The zero-order chi connectivity index (χ0) is 43.0. The Morgan fingerprint density at radius 3 is 1.37 bits per heavy atom. The number of nitrogens with one attached hydrogen (secondary N) is 1. The molecule has 1 fully saturated rings. The molecule has 59 heavy (non-hydrogen) atoms. The van der Waals surface area contributed by atoms with Crippen LogP contribution in [0.3, 0.4) is 0 Å². The third-order valence-electron chi connectivity index (χ3n) is 12.0. The van der Waals surface area contributed by atoms with Crippen molar-refractivity contribution in [1.82, 2.24) is 5.32 Å². The summed E-state index contributed by atoms with van der Waals surface area (Å²) < 4.78 is 11.2. The number of rotatable bonds is 42. The van der Waals surface area contributed by atoms with Gasteiger partial charge in [-0.2, -0.15) is 0 Å². The van der Waals surface area contributed by atoms with Gasteiger partial charge in [-0.25, -0.2) is 0 Å². The molecule has 1 amide bonds. The number of ether oxygens (including phenoxy) is 2. The summed E-state index contributed by atoms with van der Waals surface area (Å²) in [6, 6.07) is -0.801. The molecule has 0 aromatic carbocycles. The molecule has 1 aliphatic heterocycles. The van der Waals surface area contributed by atoms with E-state index in [0.717, 1.165) is 38.5 Å². The highest BCUT2D eigenvalue weighted by Gasteiger charge is 2.44. The number of aliphatic hydroxyl groups excluding tert-OH is 5. The van der Waals surface area contributed by atoms with Crippen LogP contribution in [0.2, 0.25) is 0 Å². The lowest BCUT2D eigenvalue weighted by Crippen LogP contribution is -2.60. The molecule has 1 heterocycles. The van der Waals surface area contributed by atoms with E-state index >= 15 is 0 Å². The summed E-state index contributed by atoms with van der Waals surface area (Å²) in [5, 5.41) is 54.2. The van der Waals surface area contributed by atoms with E-state index in [9.17, 15) is 30.3 Å². The molecular weight excluding hydrogens is 743 g/mol. The molecule has 0 saturated carbocycles. The van der Waals surface area contributed by atoms with Gasteiger partial charge in [-0.1, -0.05) is 205 Å². The number of allylic oxidation sites excluding steroid dienone is 3. The fraction of sp³-hybridized carbons (Fsp3) is 0.900. The molecule has 348 valence electrons. The van der Waals surface area contributed by atoms with Gasteiger partial charge in [0.05, 0.1) is 25.4 Å². The quantitative estimate of drug-likeness (QED) is 0.0263. The van der Waals surface area contributed by atoms with Crippen LogP contribution in [-0.4, -0.2) is 87.5 Å². The van der Waals surface area contributed by atoms with Gasteiger partial charge in [0.25, 0.3) is 0 Å². The van der Waals surface area contributed by atoms with Gasteiger partial charge in [0.2, 0.25) is 5.91 Å². The SMILES string of the molecule is CCCCCCCCC=CCCCCCCCCCCCCCCCC(=O)NC(COC1OC(CO)C(O)C(O)C1O)C(O)C=CCCCCCCCCCCCCC. The van der Waals surface area contributed by atoms with Gasteiger partial charge in [0.1, 0.15) is 24.4 Å². The maximum Gasteiger partial charge on any atom is 0.220 e. The number of unbranched alkanes of at least 4 members (excludes halogenated alkanes) is 30. The first kappa shape index (κ1) is 55.7. The van der Waals surface area contributed by atoms with Crippen LogP contribution in [0.5, 0.6) is 0 Å². The lowest BCUT2D eigenvalue weighted by molar-refractivity contribution is -0.302. The van der Waals surface area contributed by atoms with Crippen LogP contribution in [-0.2, 0) is 14.3 Å². The molecule has 0 radical (unpaired) electrons. The second kappa shape index (κ2) is 40.7. The smallest absolute Gasteiger partial charge is 0.220 e. The van der Waals surface area contributed by atoms with E-state index in [1.807, 2.05) is 6.08 Å². The van der Waals surface area contributed by atoms with Crippen molar-refractivity contribution in [1.29, 1.82) is 0 Å². The van der Waals surface area contributed by atoms with Gasteiger partial charge in [0, 0.05) is 6.42 Å². The molecule has 9 nitrogen and oxygen atoms in total. The van der Waals surface area contributed by atoms with Gasteiger partial charge in [-0.15, -0.1) is 0 Å². The van der Waals surface area contributed by atoms with Crippen molar-refractivity contribution in [3.05, 3.63) is 24.3 Å². The van der Waals surface area contributed by atoms with E-state index in [0.29, 0.717) is 6.42 Å². The average molecular weight is 838 g/mol. The number of hydrogen-bond acceptors (Lipinski definition) is 8. The second-order valence-corrected chi connectivity index (χ2v) is 17.6. The number of hydrogen-bond donors (Lipinski definition) is 6. The summed E-state index contributed by atoms with van der Waals surface area (Å²) in [5.41, 5.74) is 0. The summed E-state index contributed by atoms with van der Waals surface area (Å²) in [6.07, 6.45) is 42.3. The van der Waals surface area contributed by atoms with E-state index in [1.165, 1.54) is 173 Å². The molecule has 0 spiro atoms. The van der Waals surface area contributed by atoms with Crippen molar-refractivity contribution in [3.8, 4) is 0 Å². The number of aliphatic hydroxyl groups is 5. The van der Waals surface area contributed by atoms with E-state index < -0.39 is 49.5 Å². The minimum atomic E-state index is -1.56.